The van der Waals surface area contributed by atoms with Crippen molar-refractivity contribution in [3.8, 4) is 5.75 Å². The summed E-state index contributed by atoms with van der Waals surface area (Å²) in [4.78, 5) is 0.306. The van der Waals surface area contributed by atoms with Gasteiger partial charge in [-0.1, -0.05) is 26.2 Å². The number of ether oxygens (including phenoxy) is 1. The van der Waals surface area contributed by atoms with Gasteiger partial charge in [0.1, 0.15) is 5.75 Å². The van der Waals surface area contributed by atoms with Crippen LogP contribution in [0.4, 0.5) is 0 Å². The summed E-state index contributed by atoms with van der Waals surface area (Å²) in [5.74, 6) is 0.668. The Kier molecular flexibility index (Phi) is 7.75. The lowest BCUT2D eigenvalue weighted by molar-refractivity contribution is 0.282. The van der Waals surface area contributed by atoms with Gasteiger partial charge in [0.25, 0.3) is 0 Å². The van der Waals surface area contributed by atoms with Crippen LogP contribution in [0.15, 0.2) is 29.2 Å². The molecule has 0 aromatic heterocycles. The Morgan fingerprint density at radius 1 is 1.10 bits per heavy atom. The van der Waals surface area contributed by atoms with E-state index in [1.807, 2.05) is 6.92 Å². The van der Waals surface area contributed by atoms with E-state index >= 15 is 0 Å². The van der Waals surface area contributed by atoms with Crippen molar-refractivity contribution >= 4 is 9.84 Å². The molecule has 4 nitrogen and oxygen atoms in total. The largest absolute Gasteiger partial charge is 0.494 e. The van der Waals surface area contributed by atoms with Gasteiger partial charge in [-0.05, 0) is 44.0 Å². The summed E-state index contributed by atoms with van der Waals surface area (Å²) in [5, 5.41) is 8.63. The van der Waals surface area contributed by atoms with Crippen LogP contribution in [-0.2, 0) is 9.84 Å². The Bertz CT molecular complexity index is 494. The summed E-state index contributed by atoms with van der Waals surface area (Å²) < 4.78 is 30.6. The highest BCUT2D eigenvalue weighted by Gasteiger charge is 2.26. The van der Waals surface area contributed by atoms with Crippen LogP contribution in [0.25, 0.3) is 0 Å². The molecule has 21 heavy (non-hydrogen) atoms. The molecule has 0 spiro atoms. The summed E-state index contributed by atoms with van der Waals surface area (Å²) in [6.07, 6.45) is 3.83. The molecule has 1 rings (SSSR count). The lowest BCUT2D eigenvalue weighted by Crippen LogP contribution is -2.23. The molecule has 0 heterocycles. The van der Waals surface area contributed by atoms with Gasteiger partial charge in [0, 0.05) is 6.61 Å². The average molecular weight is 314 g/mol. The normalized spacial score (nSPS) is 13.1. The molecule has 0 amide bonds. The molecular formula is C16H26O4S. The third-order valence-corrected chi connectivity index (χ3v) is 5.76. The van der Waals surface area contributed by atoms with Gasteiger partial charge >= 0.3 is 0 Å². The van der Waals surface area contributed by atoms with E-state index in [4.69, 9.17) is 9.84 Å². The van der Waals surface area contributed by atoms with Crippen LogP contribution in [0.1, 0.15) is 46.0 Å². The van der Waals surface area contributed by atoms with Gasteiger partial charge in [-0.3, -0.25) is 0 Å². The Labute approximate surface area is 128 Å². The van der Waals surface area contributed by atoms with Crippen LogP contribution in [-0.4, -0.2) is 32.0 Å². The van der Waals surface area contributed by atoms with Gasteiger partial charge in [0.2, 0.25) is 0 Å². The second-order valence-electron chi connectivity index (χ2n) is 5.08. The molecule has 5 heteroatoms. The summed E-state index contributed by atoms with van der Waals surface area (Å²) >= 11 is 0. The number of rotatable bonds is 10. The molecule has 0 saturated carbocycles. The van der Waals surface area contributed by atoms with Crippen molar-refractivity contribution in [2.75, 3.05) is 13.2 Å². The number of sulfone groups is 1. The Hall–Kier alpha value is -1.07. The zero-order chi connectivity index (χ0) is 15.7. The molecule has 0 aliphatic rings. The molecule has 0 bridgehead atoms. The van der Waals surface area contributed by atoms with Gasteiger partial charge in [-0.2, -0.15) is 0 Å². The first-order valence-electron chi connectivity index (χ1n) is 7.63. The van der Waals surface area contributed by atoms with Gasteiger partial charge in [0.05, 0.1) is 16.8 Å². The molecular weight excluding hydrogens is 288 g/mol. The molecule has 0 radical (unpaired) electrons. The minimum Gasteiger partial charge on any atom is -0.494 e. The Morgan fingerprint density at radius 2 is 1.76 bits per heavy atom. The Balaban J connectivity index is 2.87. The number of aliphatic hydroxyl groups is 1. The third kappa shape index (κ3) is 5.32. The topological polar surface area (TPSA) is 63.6 Å². The second kappa shape index (κ2) is 9.05. The molecule has 1 atom stereocenters. The van der Waals surface area contributed by atoms with Crippen molar-refractivity contribution in [3.05, 3.63) is 24.3 Å². The SMILES string of the molecule is CCCCCC(CCO)S(=O)(=O)c1ccc(OCC)cc1. The molecule has 0 fully saturated rings. The molecule has 1 aromatic rings. The van der Waals surface area contributed by atoms with Crippen molar-refractivity contribution < 1.29 is 18.3 Å². The van der Waals surface area contributed by atoms with Crippen molar-refractivity contribution in [3.63, 3.8) is 0 Å². The lowest BCUT2D eigenvalue weighted by Gasteiger charge is -2.17. The zero-order valence-electron chi connectivity index (χ0n) is 12.9. The first-order valence-corrected chi connectivity index (χ1v) is 9.18. The number of benzene rings is 1. The second-order valence-corrected chi connectivity index (χ2v) is 7.31. The highest BCUT2D eigenvalue weighted by atomic mass is 32.2. The lowest BCUT2D eigenvalue weighted by atomic mass is 10.1. The van der Waals surface area contributed by atoms with Crippen LogP contribution in [0, 0.1) is 0 Å². The van der Waals surface area contributed by atoms with Gasteiger partial charge in [0.15, 0.2) is 9.84 Å². The maximum absolute atomic E-state index is 12.6. The average Bonchev–Trinajstić information content (AvgIpc) is 2.47. The van der Waals surface area contributed by atoms with Crippen molar-refractivity contribution in [1.29, 1.82) is 0 Å². The van der Waals surface area contributed by atoms with Crippen LogP contribution >= 0.6 is 0 Å². The number of aliphatic hydroxyl groups excluding tert-OH is 1. The van der Waals surface area contributed by atoms with Crippen LogP contribution in [0.3, 0.4) is 0 Å². The monoisotopic (exact) mass is 314 g/mol. The fourth-order valence-corrected chi connectivity index (χ4v) is 4.10. The Morgan fingerprint density at radius 3 is 2.29 bits per heavy atom. The summed E-state index contributed by atoms with van der Waals surface area (Å²) in [6, 6.07) is 6.53. The minimum absolute atomic E-state index is 0.104. The molecule has 120 valence electrons. The standard InChI is InChI=1S/C16H26O4S/c1-3-5-6-7-15(12-13-17)21(18,19)16-10-8-14(9-11-16)20-4-2/h8-11,15,17H,3-7,12-13H2,1-2H3. The fraction of sp³-hybridized carbons (Fsp3) is 0.625. The number of hydrogen-bond donors (Lipinski definition) is 1. The molecule has 1 N–H and O–H groups in total. The van der Waals surface area contributed by atoms with E-state index in [2.05, 4.69) is 6.92 Å². The quantitative estimate of drug-likeness (QED) is 0.674. The first kappa shape index (κ1) is 18.0. The van der Waals surface area contributed by atoms with Crippen molar-refractivity contribution in [2.24, 2.45) is 0 Å². The van der Waals surface area contributed by atoms with Crippen molar-refractivity contribution in [1.82, 2.24) is 0 Å². The summed E-state index contributed by atoms with van der Waals surface area (Å²) in [6.45, 7) is 4.42. The van der Waals surface area contributed by atoms with E-state index in [9.17, 15) is 8.42 Å². The van der Waals surface area contributed by atoms with Gasteiger partial charge < -0.3 is 9.84 Å². The maximum atomic E-state index is 12.6. The number of hydrogen-bond acceptors (Lipinski definition) is 4. The number of unbranched alkanes of at least 4 members (excludes halogenated alkanes) is 2. The smallest absolute Gasteiger partial charge is 0.181 e. The van der Waals surface area contributed by atoms with Gasteiger partial charge in [-0.25, -0.2) is 8.42 Å². The molecule has 0 aliphatic heterocycles. The fourth-order valence-electron chi connectivity index (χ4n) is 2.31. The van der Waals surface area contributed by atoms with Crippen LogP contribution < -0.4 is 4.74 Å². The highest BCUT2D eigenvalue weighted by Crippen LogP contribution is 2.24. The van der Waals surface area contributed by atoms with E-state index in [1.165, 1.54) is 0 Å². The van der Waals surface area contributed by atoms with Crippen LogP contribution in [0.2, 0.25) is 0 Å². The first-order chi connectivity index (χ1) is 10.1. The molecule has 1 unspecified atom stereocenters. The van der Waals surface area contributed by atoms with Crippen LogP contribution in [0.5, 0.6) is 5.75 Å². The summed E-state index contributed by atoms with van der Waals surface area (Å²) in [5.41, 5.74) is 0. The predicted molar refractivity (Wildman–Crippen MR) is 84.4 cm³/mol. The molecule has 0 aliphatic carbocycles. The minimum atomic E-state index is -3.39. The van der Waals surface area contributed by atoms with E-state index in [1.54, 1.807) is 24.3 Å². The third-order valence-electron chi connectivity index (χ3n) is 3.48. The van der Waals surface area contributed by atoms with E-state index in [0.29, 0.717) is 30.1 Å². The molecule has 1 aromatic carbocycles. The van der Waals surface area contributed by atoms with Gasteiger partial charge in [-0.15, -0.1) is 0 Å². The van der Waals surface area contributed by atoms with E-state index in [0.717, 1.165) is 19.3 Å². The maximum Gasteiger partial charge on any atom is 0.181 e. The van der Waals surface area contributed by atoms with E-state index < -0.39 is 15.1 Å². The zero-order valence-corrected chi connectivity index (χ0v) is 13.7. The predicted octanol–water partition coefficient (Wildman–Crippen LogP) is 3.19. The highest BCUT2D eigenvalue weighted by molar-refractivity contribution is 7.92. The van der Waals surface area contributed by atoms with E-state index in [-0.39, 0.29) is 6.61 Å². The molecule has 0 saturated heterocycles. The summed E-state index contributed by atoms with van der Waals surface area (Å²) in [7, 11) is -3.39. The van der Waals surface area contributed by atoms with Crippen molar-refractivity contribution in [2.45, 2.75) is 56.1 Å².